The topological polar surface area (TPSA) is 18.5 Å². The van der Waals surface area contributed by atoms with Crippen molar-refractivity contribution in [1.82, 2.24) is 0 Å². The van der Waals surface area contributed by atoms with E-state index in [1.54, 1.807) is 0 Å². The summed E-state index contributed by atoms with van der Waals surface area (Å²) >= 11 is 0. The van der Waals surface area contributed by atoms with Crippen molar-refractivity contribution in [3.05, 3.63) is 0 Å². The summed E-state index contributed by atoms with van der Waals surface area (Å²) in [4.78, 5) is 0. The van der Waals surface area contributed by atoms with E-state index in [1.165, 1.54) is 77.0 Å². The van der Waals surface area contributed by atoms with Crippen molar-refractivity contribution < 1.29 is 8.85 Å². The summed E-state index contributed by atoms with van der Waals surface area (Å²) in [5.74, 6) is 6.28. The number of rotatable bonds is 10. The van der Waals surface area contributed by atoms with Crippen molar-refractivity contribution in [3.8, 4) is 0 Å². The van der Waals surface area contributed by atoms with Gasteiger partial charge < -0.3 is 8.85 Å². The van der Waals surface area contributed by atoms with Crippen LogP contribution in [0.3, 0.4) is 0 Å². The molecule has 0 bridgehead atoms. The molecule has 0 aromatic heterocycles. The summed E-state index contributed by atoms with van der Waals surface area (Å²) in [6, 6.07) is 0. The fraction of sp³-hybridized carbons (Fsp3) is 1.00. The van der Waals surface area contributed by atoms with Gasteiger partial charge in [0.15, 0.2) is 16.6 Å². The lowest BCUT2D eigenvalue weighted by Crippen LogP contribution is -2.54. The summed E-state index contributed by atoms with van der Waals surface area (Å²) in [5.41, 5.74) is 1.16. The van der Waals surface area contributed by atoms with Crippen LogP contribution in [0.1, 0.15) is 119 Å². The van der Waals surface area contributed by atoms with Crippen LogP contribution in [0.15, 0.2) is 0 Å². The van der Waals surface area contributed by atoms with E-state index in [4.69, 9.17) is 8.85 Å². The van der Waals surface area contributed by atoms with Gasteiger partial charge in [0.05, 0.1) is 5.60 Å². The van der Waals surface area contributed by atoms with E-state index in [0.29, 0.717) is 22.9 Å². The molecule has 4 aliphatic carbocycles. The molecule has 0 aliphatic heterocycles. The molecule has 7 unspecified atom stereocenters. The molecule has 4 aliphatic rings. The van der Waals surface area contributed by atoms with E-state index in [-0.39, 0.29) is 5.60 Å². The van der Waals surface area contributed by atoms with Gasteiger partial charge in [0.1, 0.15) is 0 Å². The van der Waals surface area contributed by atoms with Crippen LogP contribution in [0, 0.1) is 52.3 Å². The van der Waals surface area contributed by atoms with Crippen molar-refractivity contribution >= 4 is 16.6 Å². The van der Waals surface area contributed by atoms with Crippen molar-refractivity contribution in [1.29, 1.82) is 0 Å². The van der Waals surface area contributed by atoms with Crippen LogP contribution in [-0.2, 0) is 8.85 Å². The first-order chi connectivity index (χ1) is 17.9. The van der Waals surface area contributed by atoms with E-state index >= 15 is 0 Å². The third-order valence-corrected chi connectivity index (χ3v) is 15.1. The van der Waals surface area contributed by atoms with E-state index in [1.807, 2.05) is 0 Å². The van der Waals surface area contributed by atoms with Gasteiger partial charge in [-0.2, -0.15) is 0 Å². The van der Waals surface area contributed by atoms with Gasteiger partial charge in [-0.1, -0.05) is 40.5 Å². The molecule has 0 amide bonds. The van der Waals surface area contributed by atoms with Crippen LogP contribution in [-0.4, -0.2) is 28.3 Å². The quantitative estimate of drug-likeness (QED) is 0.241. The Morgan fingerprint density at radius 2 is 1.44 bits per heavy atom. The second-order valence-electron chi connectivity index (χ2n) is 18.0. The van der Waals surface area contributed by atoms with Crippen LogP contribution in [0.2, 0.25) is 39.3 Å². The minimum Gasteiger partial charge on any atom is -0.415 e. The fourth-order valence-electron chi connectivity index (χ4n) is 11.4. The summed E-state index contributed by atoms with van der Waals surface area (Å²) in [5, 5.41) is 0. The first kappa shape index (κ1) is 32.3. The number of hydrogen-bond acceptors (Lipinski definition) is 2. The average Bonchev–Trinajstić information content (AvgIpc) is 3.14. The zero-order valence-electron chi connectivity index (χ0n) is 28.4. The van der Waals surface area contributed by atoms with E-state index in [2.05, 4.69) is 80.8 Å². The Labute approximate surface area is 246 Å². The standard InChI is InChI=1S/C35H68O2Si2/c1-13-26(33(3,4)37-39(10,11)12)15-14-25(2)30-18-19-31-29-17-16-27-24-28(36-38(7,8)9)20-22-34(27,5)32(29)21-23-35(30,31)6/h25-32H,13-24H2,1-12H3/t25?,26-,27+,28+,29?,30?,31?,32?,34?,35?/m1/s1. The summed E-state index contributed by atoms with van der Waals surface area (Å²) in [6.45, 7) is 29.4. The molecule has 0 heterocycles. The van der Waals surface area contributed by atoms with Gasteiger partial charge in [-0.15, -0.1) is 0 Å². The zero-order valence-corrected chi connectivity index (χ0v) is 30.4. The Morgan fingerprint density at radius 1 is 0.795 bits per heavy atom. The van der Waals surface area contributed by atoms with Crippen LogP contribution >= 0.6 is 0 Å². The highest BCUT2D eigenvalue weighted by Gasteiger charge is 2.60. The predicted molar refractivity (Wildman–Crippen MR) is 174 cm³/mol. The van der Waals surface area contributed by atoms with Gasteiger partial charge in [0, 0.05) is 6.10 Å². The third kappa shape index (κ3) is 6.80. The minimum absolute atomic E-state index is 0.00626. The van der Waals surface area contributed by atoms with Crippen LogP contribution in [0.25, 0.3) is 0 Å². The van der Waals surface area contributed by atoms with Gasteiger partial charge in [-0.25, -0.2) is 0 Å². The molecule has 2 nitrogen and oxygen atoms in total. The van der Waals surface area contributed by atoms with Crippen LogP contribution in [0.4, 0.5) is 0 Å². The SMILES string of the molecule is CC[C@H](CCC(C)C1CCC2C3CC[C@H]4C[C@@H](O[Si](C)(C)C)CCC4(C)C3CCC12C)C(C)(C)O[Si](C)(C)C. The van der Waals surface area contributed by atoms with E-state index < -0.39 is 16.6 Å². The lowest BCUT2D eigenvalue weighted by Gasteiger charge is -2.61. The smallest absolute Gasteiger partial charge is 0.184 e. The molecule has 0 N–H and O–H groups in total. The molecule has 0 aromatic carbocycles. The highest BCUT2D eigenvalue weighted by atomic mass is 28.4. The fourth-order valence-corrected chi connectivity index (χ4v) is 14.3. The van der Waals surface area contributed by atoms with Crippen LogP contribution in [0.5, 0.6) is 0 Å². The first-order valence-corrected chi connectivity index (χ1v) is 24.1. The molecule has 0 spiro atoms. The largest absolute Gasteiger partial charge is 0.415 e. The summed E-state index contributed by atoms with van der Waals surface area (Å²) in [7, 11) is -2.99. The normalized spacial score (nSPS) is 40.9. The summed E-state index contributed by atoms with van der Waals surface area (Å²) in [6.07, 6.45) is 17.6. The molecule has 0 aromatic rings. The third-order valence-electron chi connectivity index (χ3n) is 12.9. The van der Waals surface area contributed by atoms with Gasteiger partial charge in [0.2, 0.25) is 0 Å². The Hall–Kier alpha value is 0.354. The van der Waals surface area contributed by atoms with Gasteiger partial charge in [0.25, 0.3) is 0 Å². The predicted octanol–water partition coefficient (Wildman–Crippen LogP) is 10.9. The van der Waals surface area contributed by atoms with Crippen molar-refractivity contribution in [2.45, 2.75) is 170 Å². The molecular formula is C35H68O2Si2. The Morgan fingerprint density at radius 3 is 2.05 bits per heavy atom. The first-order valence-electron chi connectivity index (χ1n) is 17.3. The molecule has 4 saturated carbocycles. The zero-order chi connectivity index (χ0) is 29.0. The van der Waals surface area contributed by atoms with Crippen molar-refractivity contribution in [2.75, 3.05) is 0 Å². The molecule has 4 rings (SSSR count). The minimum atomic E-state index is -1.54. The van der Waals surface area contributed by atoms with Gasteiger partial charge >= 0.3 is 0 Å². The highest BCUT2D eigenvalue weighted by molar-refractivity contribution is 6.70. The molecule has 39 heavy (non-hydrogen) atoms. The number of fused-ring (bicyclic) bond motifs is 5. The van der Waals surface area contributed by atoms with Crippen LogP contribution < -0.4 is 0 Å². The summed E-state index contributed by atoms with van der Waals surface area (Å²) < 4.78 is 13.4. The van der Waals surface area contributed by atoms with E-state index in [9.17, 15) is 0 Å². The number of hydrogen-bond donors (Lipinski definition) is 0. The Bertz CT molecular complexity index is 827. The molecule has 0 radical (unpaired) electrons. The monoisotopic (exact) mass is 576 g/mol. The maximum absolute atomic E-state index is 6.72. The highest BCUT2D eigenvalue weighted by Crippen LogP contribution is 2.68. The lowest BCUT2D eigenvalue weighted by atomic mass is 9.44. The molecule has 228 valence electrons. The molecule has 4 heteroatoms. The maximum Gasteiger partial charge on any atom is 0.184 e. The van der Waals surface area contributed by atoms with Crippen molar-refractivity contribution in [3.63, 3.8) is 0 Å². The molecular weight excluding hydrogens is 509 g/mol. The Balaban J connectivity index is 1.39. The van der Waals surface area contributed by atoms with Crippen molar-refractivity contribution in [2.24, 2.45) is 52.3 Å². The second-order valence-corrected chi connectivity index (χ2v) is 26.9. The average molecular weight is 577 g/mol. The Kier molecular flexibility index (Phi) is 9.48. The molecule has 0 saturated heterocycles. The van der Waals surface area contributed by atoms with Gasteiger partial charge in [-0.05, 0) is 170 Å². The van der Waals surface area contributed by atoms with Gasteiger partial charge in [-0.3, -0.25) is 0 Å². The molecule has 10 atom stereocenters. The maximum atomic E-state index is 6.72. The van der Waals surface area contributed by atoms with E-state index in [0.717, 1.165) is 35.5 Å². The molecule has 4 fully saturated rings. The second kappa shape index (κ2) is 11.5. The lowest BCUT2D eigenvalue weighted by molar-refractivity contribution is -0.127.